The van der Waals surface area contributed by atoms with Crippen LogP contribution in [0.15, 0.2) is 66.7 Å². The molecule has 0 aliphatic rings. The molecule has 0 aliphatic carbocycles. The van der Waals surface area contributed by atoms with E-state index in [0.29, 0.717) is 28.3 Å². The number of ether oxygens (including phenoxy) is 3. The third-order valence-corrected chi connectivity index (χ3v) is 4.71. The van der Waals surface area contributed by atoms with Crippen molar-refractivity contribution in [2.75, 3.05) is 31.5 Å². The number of hydrogen-bond acceptors (Lipinski definition) is 6. The first-order chi connectivity index (χ1) is 16.4. The molecule has 0 heterocycles. The summed E-state index contributed by atoms with van der Waals surface area (Å²) in [4.78, 5) is 36.4. The Labute approximate surface area is 195 Å². The van der Waals surface area contributed by atoms with Crippen LogP contribution in [0.4, 0.5) is 15.8 Å². The van der Waals surface area contributed by atoms with Crippen LogP contribution in [0.2, 0.25) is 0 Å². The van der Waals surface area contributed by atoms with Gasteiger partial charge in [-0.1, -0.05) is 6.07 Å². The minimum atomic E-state index is -0.676. The van der Waals surface area contributed by atoms with Crippen molar-refractivity contribution < 1.29 is 33.0 Å². The largest absolute Gasteiger partial charge is 0.497 e. The van der Waals surface area contributed by atoms with E-state index in [4.69, 9.17) is 14.2 Å². The number of nitrogens with one attached hydrogen (secondary N) is 2. The van der Waals surface area contributed by atoms with E-state index in [9.17, 15) is 18.8 Å². The van der Waals surface area contributed by atoms with Gasteiger partial charge < -0.3 is 24.8 Å². The van der Waals surface area contributed by atoms with Gasteiger partial charge in [0.05, 0.1) is 20.6 Å². The van der Waals surface area contributed by atoms with Crippen molar-refractivity contribution in [3.8, 4) is 11.5 Å². The van der Waals surface area contributed by atoms with Gasteiger partial charge in [0.15, 0.2) is 18.2 Å². The molecule has 0 aliphatic heterocycles. The second-order valence-corrected chi connectivity index (χ2v) is 7.11. The van der Waals surface area contributed by atoms with E-state index >= 15 is 0 Å². The molecule has 0 unspecified atom stereocenters. The van der Waals surface area contributed by atoms with Gasteiger partial charge in [-0.25, -0.2) is 4.39 Å². The van der Waals surface area contributed by atoms with Crippen LogP contribution in [0.5, 0.6) is 11.5 Å². The monoisotopic (exact) mass is 466 g/mol. The molecule has 0 aromatic heterocycles. The summed E-state index contributed by atoms with van der Waals surface area (Å²) in [6.45, 7) is -0.503. The average Bonchev–Trinajstić information content (AvgIpc) is 2.84. The molecule has 0 saturated carbocycles. The van der Waals surface area contributed by atoms with Crippen LogP contribution in [-0.2, 0) is 20.7 Å². The first-order valence-corrected chi connectivity index (χ1v) is 10.2. The molecule has 3 rings (SSSR count). The lowest BCUT2D eigenvalue weighted by atomic mass is 10.1. The van der Waals surface area contributed by atoms with Gasteiger partial charge in [0.25, 0.3) is 11.8 Å². The summed E-state index contributed by atoms with van der Waals surface area (Å²) in [5.41, 5.74) is 1.83. The number of amides is 2. The fraction of sp³-hybridized carbons (Fsp3) is 0.160. The number of halogens is 1. The summed E-state index contributed by atoms with van der Waals surface area (Å²) in [6, 6.07) is 17.2. The van der Waals surface area contributed by atoms with Crippen LogP contribution >= 0.6 is 0 Å². The van der Waals surface area contributed by atoms with Crippen molar-refractivity contribution in [1.82, 2.24) is 0 Å². The quantitative estimate of drug-likeness (QED) is 0.465. The summed E-state index contributed by atoms with van der Waals surface area (Å²) >= 11 is 0. The normalized spacial score (nSPS) is 10.2. The molecule has 2 N–H and O–H groups in total. The fourth-order valence-corrected chi connectivity index (χ4v) is 2.96. The maximum absolute atomic E-state index is 13.7. The summed E-state index contributed by atoms with van der Waals surface area (Å²) in [5, 5.41) is 5.34. The van der Waals surface area contributed by atoms with Crippen LogP contribution in [0.3, 0.4) is 0 Å². The van der Waals surface area contributed by atoms with Gasteiger partial charge in [0.2, 0.25) is 0 Å². The van der Waals surface area contributed by atoms with Crippen LogP contribution in [0.1, 0.15) is 15.9 Å². The van der Waals surface area contributed by atoms with E-state index in [2.05, 4.69) is 10.6 Å². The highest BCUT2D eigenvalue weighted by molar-refractivity contribution is 6.04. The maximum atomic E-state index is 13.7. The zero-order valence-electron chi connectivity index (χ0n) is 18.6. The van der Waals surface area contributed by atoms with Crippen molar-refractivity contribution in [2.45, 2.75) is 6.42 Å². The lowest BCUT2D eigenvalue weighted by molar-refractivity contribution is -0.146. The van der Waals surface area contributed by atoms with Crippen LogP contribution in [-0.4, -0.2) is 38.6 Å². The van der Waals surface area contributed by atoms with E-state index in [1.54, 1.807) is 55.6 Å². The number of benzene rings is 3. The van der Waals surface area contributed by atoms with E-state index in [-0.39, 0.29) is 18.1 Å². The molecule has 0 radical (unpaired) electrons. The molecule has 3 aromatic rings. The van der Waals surface area contributed by atoms with Gasteiger partial charge >= 0.3 is 5.97 Å². The van der Waals surface area contributed by atoms with Crippen molar-refractivity contribution in [3.05, 3.63) is 83.7 Å². The third-order valence-electron chi connectivity index (χ3n) is 4.71. The molecular weight excluding hydrogens is 443 g/mol. The lowest BCUT2D eigenvalue weighted by Gasteiger charge is -2.09. The summed E-state index contributed by atoms with van der Waals surface area (Å²) < 4.78 is 28.6. The van der Waals surface area contributed by atoms with E-state index in [0.717, 1.165) is 0 Å². The Bertz CT molecular complexity index is 1160. The predicted octanol–water partition coefficient (Wildman–Crippen LogP) is 3.82. The number of hydrogen-bond donors (Lipinski definition) is 2. The molecule has 3 aromatic carbocycles. The van der Waals surface area contributed by atoms with Gasteiger partial charge in [0, 0.05) is 16.9 Å². The summed E-state index contributed by atoms with van der Waals surface area (Å²) in [7, 11) is 2.90. The Hall–Kier alpha value is -4.40. The van der Waals surface area contributed by atoms with Crippen molar-refractivity contribution in [2.24, 2.45) is 0 Å². The zero-order chi connectivity index (χ0) is 24.5. The number of esters is 1. The van der Waals surface area contributed by atoms with Crippen LogP contribution in [0, 0.1) is 5.82 Å². The Morgan fingerprint density at radius 2 is 1.47 bits per heavy atom. The highest BCUT2D eigenvalue weighted by Crippen LogP contribution is 2.19. The second-order valence-electron chi connectivity index (χ2n) is 7.11. The molecule has 0 saturated heterocycles. The SMILES string of the molecule is COc1ccc(NC(=O)c2ccc(NC(=O)COC(=O)Cc3ccc(OC)c(F)c3)cc2)cc1. The van der Waals surface area contributed by atoms with Crippen LogP contribution < -0.4 is 20.1 Å². The van der Waals surface area contributed by atoms with E-state index in [1.807, 2.05) is 0 Å². The average molecular weight is 466 g/mol. The number of anilines is 2. The minimum absolute atomic E-state index is 0.0701. The molecule has 0 bridgehead atoms. The number of carbonyl (C=O) groups is 3. The topological polar surface area (TPSA) is 103 Å². The number of methoxy groups -OCH3 is 2. The smallest absolute Gasteiger partial charge is 0.310 e. The second kappa shape index (κ2) is 11.5. The molecule has 176 valence electrons. The first-order valence-electron chi connectivity index (χ1n) is 10.2. The van der Waals surface area contributed by atoms with Gasteiger partial charge in [-0.2, -0.15) is 0 Å². The lowest BCUT2D eigenvalue weighted by Crippen LogP contribution is -2.21. The van der Waals surface area contributed by atoms with Crippen molar-refractivity contribution >= 4 is 29.2 Å². The van der Waals surface area contributed by atoms with E-state index in [1.165, 1.54) is 25.3 Å². The standard InChI is InChI=1S/C25H23FN2O6/c1-32-20-10-8-19(9-11-20)28-25(31)17-4-6-18(7-5-17)27-23(29)15-34-24(30)14-16-3-12-22(33-2)21(26)13-16/h3-13H,14-15H2,1-2H3,(H,27,29)(H,28,31). The summed E-state index contributed by atoms with van der Waals surface area (Å²) in [6.07, 6.45) is -0.188. The zero-order valence-corrected chi connectivity index (χ0v) is 18.6. The molecular formula is C25H23FN2O6. The Kier molecular flexibility index (Phi) is 8.17. The van der Waals surface area contributed by atoms with Gasteiger partial charge in [0.1, 0.15) is 5.75 Å². The Morgan fingerprint density at radius 1 is 0.824 bits per heavy atom. The minimum Gasteiger partial charge on any atom is -0.497 e. The van der Waals surface area contributed by atoms with E-state index < -0.39 is 24.3 Å². The maximum Gasteiger partial charge on any atom is 0.310 e. The summed E-state index contributed by atoms with van der Waals surface area (Å²) in [5.74, 6) is -1.38. The van der Waals surface area contributed by atoms with Crippen molar-refractivity contribution in [1.29, 1.82) is 0 Å². The van der Waals surface area contributed by atoms with Crippen molar-refractivity contribution in [3.63, 3.8) is 0 Å². The fourth-order valence-electron chi connectivity index (χ4n) is 2.96. The number of rotatable bonds is 9. The number of carbonyl (C=O) groups excluding carboxylic acids is 3. The third kappa shape index (κ3) is 6.80. The van der Waals surface area contributed by atoms with Gasteiger partial charge in [-0.05, 0) is 66.2 Å². The molecule has 34 heavy (non-hydrogen) atoms. The van der Waals surface area contributed by atoms with Gasteiger partial charge in [-0.3, -0.25) is 14.4 Å². The Morgan fingerprint density at radius 3 is 2.09 bits per heavy atom. The molecule has 9 heteroatoms. The molecule has 8 nitrogen and oxygen atoms in total. The molecule has 0 fully saturated rings. The van der Waals surface area contributed by atoms with Crippen LogP contribution in [0.25, 0.3) is 0 Å². The van der Waals surface area contributed by atoms with Gasteiger partial charge in [-0.15, -0.1) is 0 Å². The first kappa shape index (κ1) is 24.2. The molecule has 0 atom stereocenters. The highest BCUT2D eigenvalue weighted by Gasteiger charge is 2.12. The highest BCUT2D eigenvalue weighted by atomic mass is 19.1. The molecule has 0 spiro atoms. The Balaban J connectivity index is 1.46. The molecule has 2 amide bonds. The predicted molar refractivity (Wildman–Crippen MR) is 124 cm³/mol.